The fraction of sp³-hybridized carbons (Fsp3) is 0.100. The SMILES string of the molecule is Brc1cncc2ccc(C(Br)Br)cc12. The molecule has 0 atom stereocenters. The van der Waals surface area contributed by atoms with Gasteiger partial charge in [0.1, 0.15) is 0 Å². The van der Waals surface area contributed by atoms with Gasteiger partial charge >= 0.3 is 0 Å². The molecule has 14 heavy (non-hydrogen) atoms. The van der Waals surface area contributed by atoms with Gasteiger partial charge in [-0.05, 0) is 32.9 Å². The molecule has 1 aromatic carbocycles. The molecule has 0 radical (unpaired) electrons. The molecule has 0 saturated carbocycles. The van der Waals surface area contributed by atoms with E-state index in [2.05, 4.69) is 71.0 Å². The van der Waals surface area contributed by atoms with Crippen LogP contribution in [0.3, 0.4) is 0 Å². The Balaban J connectivity index is 2.70. The molecule has 2 aromatic rings. The Hall–Kier alpha value is 0.0700. The van der Waals surface area contributed by atoms with E-state index >= 15 is 0 Å². The third-order valence-corrected chi connectivity index (χ3v) is 3.68. The van der Waals surface area contributed by atoms with Crippen LogP contribution in [0.15, 0.2) is 35.1 Å². The van der Waals surface area contributed by atoms with E-state index in [4.69, 9.17) is 0 Å². The van der Waals surface area contributed by atoms with Crippen LogP contribution in [0.4, 0.5) is 0 Å². The highest BCUT2D eigenvalue weighted by Crippen LogP contribution is 2.32. The molecule has 0 unspecified atom stereocenters. The summed E-state index contributed by atoms with van der Waals surface area (Å²) in [5, 5.41) is 2.32. The average Bonchev–Trinajstić information content (AvgIpc) is 2.18. The first-order valence-electron chi connectivity index (χ1n) is 4.00. The molecular formula is C10H6Br3N. The number of fused-ring (bicyclic) bond motifs is 1. The van der Waals surface area contributed by atoms with E-state index in [0.29, 0.717) is 0 Å². The van der Waals surface area contributed by atoms with Crippen molar-refractivity contribution in [2.45, 2.75) is 3.74 Å². The molecule has 0 aliphatic heterocycles. The predicted molar refractivity (Wildman–Crippen MR) is 70.0 cm³/mol. The lowest BCUT2D eigenvalue weighted by Gasteiger charge is -2.05. The van der Waals surface area contributed by atoms with E-state index < -0.39 is 0 Å². The molecule has 0 aliphatic carbocycles. The highest BCUT2D eigenvalue weighted by Gasteiger charge is 2.05. The summed E-state index contributed by atoms with van der Waals surface area (Å²) in [6.07, 6.45) is 3.67. The number of aromatic nitrogens is 1. The molecule has 0 spiro atoms. The number of hydrogen-bond acceptors (Lipinski definition) is 1. The minimum atomic E-state index is 0.194. The summed E-state index contributed by atoms with van der Waals surface area (Å²) in [4.78, 5) is 4.12. The Morgan fingerprint density at radius 1 is 1.14 bits per heavy atom. The maximum Gasteiger partial charge on any atom is 0.0946 e. The molecule has 4 heteroatoms. The topological polar surface area (TPSA) is 12.9 Å². The van der Waals surface area contributed by atoms with E-state index in [-0.39, 0.29) is 3.74 Å². The van der Waals surface area contributed by atoms with Crippen LogP contribution in [0.5, 0.6) is 0 Å². The van der Waals surface area contributed by atoms with Gasteiger partial charge < -0.3 is 0 Å². The molecule has 1 heterocycles. The van der Waals surface area contributed by atoms with E-state index in [0.717, 1.165) is 9.86 Å². The van der Waals surface area contributed by atoms with Crippen molar-refractivity contribution in [3.63, 3.8) is 0 Å². The summed E-state index contributed by atoms with van der Waals surface area (Å²) in [5.41, 5.74) is 1.20. The lowest BCUT2D eigenvalue weighted by atomic mass is 10.1. The van der Waals surface area contributed by atoms with Gasteiger partial charge in [0.25, 0.3) is 0 Å². The van der Waals surface area contributed by atoms with E-state index in [1.807, 2.05) is 12.4 Å². The Kier molecular flexibility index (Phi) is 3.24. The highest BCUT2D eigenvalue weighted by atomic mass is 79.9. The lowest BCUT2D eigenvalue weighted by Crippen LogP contribution is -1.83. The second kappa shape index (κ2) is 4.29. The minimum absolute atomic E-state index is 0.194. The average molecular weight is 380 g/mol. The van der Waals surface area contributed by atoms with Crippen LogP contribution in [0.2, 0.25) is 0 Å². The fourth-order valence-electron chi connectivity index (χ4n) is 1.28. The predicted octanol–water partition coefficient (Wildman–Crippen LogP) is 4.79. The Labute approximate surface area is 107 Å². The number of alkyl halides is 2. The van der Waals surface area contributed by atoms with Crippen molar-refractivity contribution in [2.75, 3.05) is 0 Å². The van der Waals surface area contributed by atoms with E-state index in [1.165, 1.54) is 10.9 Å². The molecule has 1 nitrogen and oxygen atoms in total. The number of pyridine rings is 1. The summed E-state index contributed by atoms with van der Waals surface area (Å²) in [5.74, 6) is 0. The number of halogens is 3. The summed E-state index contributed by atoms with van der Waals surface area (Å²) < 4.78 is 1.22. The van der Waals surface area contributed by atoms with Crippen LogP contribution in [0.1, 0.15) is 9.30 Å². The largest absolute Gasteiger partial charge is 0.263 e. The highest BCUT2D eigenvalue weighted by molar-refractivity contribution is 9.24. The van der Waals surface area contributed by atoms with Crippen molar-refractivity contribution in [2.24, 2.45) is 0 Å². The smallest absolute Gasteiger partial charge is 0.0946 e. The van der Waals surface area contributed by atoms with Crippen LogP contribution < -0.4 is 0 Å². The van der Waals surface area contributed by atoms with Crippen molar-refractivity contribution in [1.29, 1.82) is 0 Å². The molecule has 0 amide bonds. The van der Waals surface area contributed by atoms with Crippen LogP contribution in [0.25, 0.3) is 10.8 Å². The first-order valence-corrected chi connectivity index (χ1v) is 6.62. The summed E-state index contributed by atoms with van der Waals surface area (Å²) in [7, 11) is 0. The third-order valence-electron chi connectivity index (χ3n) is 1.99. The van der Waals surface area contributed by atoms with Gasteiger partial charge in [-0.3, -0.25) is 4.98 Å². The van der Waals surface area contributed by atoms with Crippen LogP contribution in [-0.2, 0) is 0 Å². The quantitative estimate of drug-likeness (QED) is 0.649. The number of benzene rings is 1. The van der Waals surface area contributed by atoms with Crippen LogP contribution >= 0.6 is 47.8 Å². The first kappa shape index (κ1) is 10.6. The number of hydrogen-bond donors (Lipinski definition) is 0. The van der Waals surface area contributed by atoms with Crippen LogP contribution in [-0.4, -0.2) is 4.98 Å². The van der Waals surface area contributed by atoms with Gasteiger partial charge in [-0.25, -0.2) is 0 Å². The maximum atomic E-state index is 4.12. The zero-order valence-electron chi connectivity index (χ0n) is 7.05. The van der Waals surface area contributed by atoms with Gasteiger partial charge in [0.2, 0.25) is 0 Å². The molecule has 2 rings (SSSR count). The zero-order valence-corrected chi connectivity index (χ0v) is 11.8. The molecule has 0 fully saturated rings. The first-order chi connectivity index (χ1) is 6.68. The van der Waals surface area contributed by atoms with Crippen molar-refractivity contribution < 1.29 is 0 Å². The zero-order chi connectivity index (χ0) is 10.1. The Morgan fingerprint density at radius 3 is 2.64 bits per heavy atom. The van der Waals surface area contributed by atoms with Gasteiger partial charge in [0, 0.05) is 22.3 Å². The standard InChI is InChI=1S/C10H6Br3N/c11-9-5-14-4-7-2-1-6(10(12)13)3-8(7)9/h1-5,10H. The summed E-state index contributed by atoms with van der Waals surface area (Å²) in [6.45, 7) is 0. The molecular weight excluding hydrogens is 374 g/mol. The maximum absolute atomic E-state index is 4.12. The molecule has 1 aromatic heterocycles. The third kappa shape index (κ3) is 2.02. The number of rotatable bonds is 1. The molecule has 72 valence electrons. The molecule has 0 bridgehead atoms. The Bertz CT molecular complexity index is 468. The van der Waals surface area contributed by atoms with E-state index in [1.54, 1.807) is 0 Å². The second-order valence-electron chi connectivity index (χ2n) is 2.90. The molecule has 0 aliphatic rings. The molecule has 0 N–H and O–H groups in total. The van der Waals surface area contributed by atoms with Gasteiger partial charge in [-0.2, -0.15) is 0 Å². The van der Waals surface area contributed by atoms with Gasteiger partial charge in [0.05, 0.1) is 3.74 Å². The van der Waals surface area contributed by atoms with E-state index in [9.17, 15) is 0 Å². The normalized spacial score (nSPS) is 11.1. The van der Waals surface area contributed by atoms with Crippen LogP contribution in [0, 0.1) is 0 Å². The van der Waals surface area contributed by atoms with Gasteiger partial charge in [0.15, 0.2) is 0 Å². The summed E-state index contributed by atoms with van der Waals surface area (Å²) in [6, 6.07) is 6.28. The fourth-order valence-corrected chi connectivity index (χ4v) is 2.31. The van der Waals surface area contributed by atoms with Crippen molar-refractivity contribution >= 4 is 58.6 Å². The monoisotopic (exact) mass is 377 g/mol. The minimum Gasteiger partial charge on any atom is -0.263 e. The molecule has 0 saturated heterocycles. The second-order valence-corrected chi connectivity index (χ2v) is 6.82. The van der Waals surface area contributed by atoms with Crippen molar-refractivity contribution in [3.05, 3.63) is 40.6 Å². The lowest BCUT2D eigenvalue weighted by molar-refractivity contribution is 1.34. The Morgan fingerprint density at radius 2 is 1.93 bits per heavy atom. The van der Waals surface area contributed by atoms with Gasteiger partial charge in [-0.1, -0.05) is 44.0 Å². The van der Waals surface area contributed by atoms with Gasteiger partial charge in [-0.15, -0.1) is 0 Å². The van der Waals surface area contributed by atoms with Crippen molar-refractivity contribution in [1.82, 2.24) is 4.98 Å². The van der Waals surface area contributed by atoms with Crippen molar-refractivity contribution in [3.8, 4) is 0 Å². The number of nitrogens with zero attached hydrogens (tertiary/aromatic N) is 1. The summed E-state index contributed by atoms with van der Waals surface area (Å²) >= 11 is 10.4.